The van der Waals surface area contributed by atoms with Crippen molar-refractivity contribution in [3.8, 4) is 11.5 Å². The minimum Gasteiger partial charge on any atom is -0.486 e. The second kappa shape index (κ2) is 6.24. The minimum absolute atomic E-state index is 0.290. The molecule has 0 bridgehead atoms. The van der Waals surface area contributed by atoms with Crippen molar-refractivity contribution in [2.45, 2.75) is 0 Å². The van der Waals surface area contributed by atoms with Crippen molar-refractivity contribution in [2.75, 3.05) is 18.5 Å². The van der Waals surface area contributed by atoms with Crippen LogP contribution < -0.4 is 14.8 Å². The lowest BCUT2D eigenvalue weighted by Crippen LogP contribution is -2.18. The molecule has 2 aromatic carbocycles. The summed E-state index contributed by atoms with van der Waals surface area (Å²) >= 11 is 9.42. The summed E-state index contributed by atoms with van der Waals surface area (Å²) in [5.74, 6) is 1.30. The highest BCUT2D eigenvalue weighted by atomic mass is 79.9. The molecule has 1 aliphatic heterocycles. The number of halogens is 2. The van der Waals surface area contributed by atoms with Crippen molar-refractivity contribution in [2.24, 2.45) is 7.05 Å². The van der Waals surface area contributed by atoms with Gasteiger partial charge in [0.15, 0.2) is 11.5 Å². The first-order chi connectivity index (χ1) is 12.0. The molecule has 0 unspecified atom stereocenters. The van der Waals surface area contributed by atoms with Crippen LogP contribution in [0.25, 0.3) is 11.0 Å². The number of fused-ring (bicyclic) bond motifs is 2. The van der Waals surface area contributed by atoms with Crippen LogP contribution >= 0.6 is 27.5 Å². The normalized spacial score (nSPS) is 13.1. The maximum Gasteiger partial charge on any atom is 0.258 e. The minimum atomic E-state index is -0.290. The molecule has 1 aliphatic rings. The zero-order valence-corrected chi connectivity index (χ0v) is 15.5. The maximum absolute atomic E-state index is 12.6. The van der Waals surface area contributed by atoms with Gasteiger partial charge in [0.25, 0.3) is 5.91 Å². The van der Waals surface area contributed by atoms with Crippen molar-refractivity contribution >= 4 is 50.4 Å². The standard InChI is InChI=1S/C17H13BrClN3O3/c1-22-13-3-2-10(19)8-12(13)20-17(22)21-16(23)9-6-11(18)15-14(7-9)24-4-5-25-15/h2-3,6-8H,4-5H2,1H3,(H,20,21,23). The Morgan fingerprint density at radius 1 is 1.28 bits per heavy atom. The Labute approximate surface area is 156 Å². The Kier molecular flexibility index (Phi) is 4.05. The number of carbonyl (C=O) groups is 1. The van der Waals surface area contributed by atoms with Gasteiger partial charge in [-0.2, -0.15) is 0 Å². The molecule has 6 nitrogen and oxygen atoms in total. The average molecular weight is 423 g/mol. The summed E-state index contributed by atoms with van der Waals surface area (Å²) in [6.45, 7) is 0.940. The van der Waals surface area contributed by atoms with Crippen LogP contribution in [0.15, 0.2) is 34.8 Å². The van der Waals surface area contributed by atoms with E-state index < -0.39 is 0 Å². The molecule has 3 aromatic rings. The van der Waals surface area contributed by atoms with E-state index in [1.807, 2.05) is 13.1 Å². The zero-order valence-electron chi connectivity index (χ0n) is 13.2. The van der Waals surface area contributed by atoms with Gasteiger partial charge in [-0.3, -0.25) is 10.1 Å². The Morgan fingerprint density at radius 3 is 2.92 bits per heavy atom. The van der Waals surface area contributed by atoms with Gasteiger partial charge in [-0.15, -0.1) is 0 Å². The fourth-order valence-electron chi connectivity index (χ4n) is 2.70. The molecule has 0 aliphatic carbocycles. The SMILES string of the molecule is Cn1c(NC(=O)c2cc(Br)c3c(c2)OCCO3)nc2cc(Cl)ccc21. The van der Waals surface area contributed by atoms with Crippen molar-refractivity contribution < 1.29 is 14.3 Å². The number of nitrogens with one attached hydrogen (secondary N) is 1. The third kappa shape index (κ3) is 2.94. The van der Waals surface area contributed by atoms with Crippen LogP contribution in [-0.2, 0) is 7.05 Å². The van der Waals surface area contributed by atoms with Crippen LogP contribution in [0.4, 0.5) is 5.95 Å². The van der Waals surface area contributed by atoms with Crippen molar-refractivity contribution in [3.63, 3.8) is 0 Å². The smallest absolute Gasteiger partial charge is 0.258 e. The molecule has 1 amide bonds. The van der Waals surface area contributed by atoms with Crippen LogP contribution in [0.3, 0.4) is 0 Å². The van der Waals surface area contributed by atoms with Crippen LogP contribution in [0.2, 0.25) is 5.02 Å². The molecular formula is C17H13BrClN3O3. The molecule has 0 fully saturated rings. The molecule has 0 saturated heterocycles. The van der Waals surface area contributed by atoms with E-state index in [2.05, 4.69) is 26.2 Å². The van der Waals surface area contributed by atoms with Gasteiger partial charge >= 0.3 is 0 Å². The third-order valence-corrected chi connectivity index (χ3v) is 4.75. The molecule has 1 aromatic heterocycles. The monoisotopic (exact) mass is 421 g/mol. The van der Waals surface area contributed by atoms with Gasteiger partial charge in [-0.25, -0.2) is 4.98 Å². The highest BCUT2D eigenvalue weighted by Crippen LogP contribution is 2.38. The van der Waals surface area contributed by atoms with Gasteiger partial charge in [0.2, 0.25) is 5.95 Å². The lowest BCUT2D eigenvalue weighted by atomic mass is 10.2. The van der Waals surface area contributed by atoms with Crippen LogP contribution in [0, 0.1) is 0 Å². The van der Waals surface area contributed by atoms with Gasteiger partial charge in [-0.05, 0) is 46.3 Å². The number of hydrogen-bond acceptors (Lipinski definition) is 4. The zero-order chi connectivity index (χ0) is 17.6. The number of anilines is 1. The quantitative estimate of drug-likeness (QED) is 0.678. The highest BCUT2D eigenvalue weighted by Gasteiger charge is 2.20. The topological polar surface area (TPSA) is 65.4 Å². The van der Waals surface area contributed by atoms with Gasteiger partial charge in [-0.1, -0.05) is 11.6 Å². The van der Waals surface area contributed by atoms with Crippen LogP contribution in [0.5, 0.6) is 11.5 Å². The fraction of sp³-hybridized carbons (Fsp3) is 0.176. The van der Waals surface area contributed by atoms with Gasteiger partial charge in [0.1, 0.15) is 13.2 Å². The maximum atomic E-state index is 12.6. The molecular weight excluding hydrogens is 410 g/mol. The van der Waals surface area contributed by atoms with E-state index in [1.54, 1.807) is 28.8 Å². The van der Waals surface area contributed by atoms with E-state index in [4.69, 9.17) is 21.1 Å². The van der Waals surface area contributed by atoms with E-state index in [0.717, 1.165) is 5.52 Å². The average Bonchev–Trinajstić information content (AvgIpc) is 2.90. The number of benzene rings is 2. The lowest BCUT2D eigenvalue weighted by Gasteiger charge is -2.20. The Bertz CT molecular complexity index is 1000. The summed E-state index contributed by atoms with van der Waals surface area (Å²) in [4.78, 5) is 17.1. The highest BCUT2D eigenvalue weighted by molar-refractivity contribution is 9.10. The summed E-state index contributed by atoms with van der Waals surface area (Å²) < 4.78 is 13.6. The molecule has 2 heterocycles. The number of ether oxygens (including phenoxy) is 2. The second-order valence-electron chi connectivity index (χ2n) is 5.56. The van der Waals surface area contributed by atoms with E-state index in [0.29, 0.717) is 51.2 Å². The largest absolute Gasteiger partial charge is 0.486 e. The van der Waals surface area contributed by atoms with Crippen molar-refractivity contribution in [3.05, 3.63) is 45.4 Å². The van der Waals surface area contributed by atoms with E-state index in [9.17, 15) is 4.79 Å². The number of rotatable bonds is 2. The Morgan fingerprint density at radius 2 is 2.08 bits per heavy atom. The summed E-state index contributed by atoms with van der Waals surface area (Å²) in [7, 11) is 1.83. The number of nitrogens with zero attached hydrogens (tertiary/aromatic N) is 2. The molecule has 0 radical (unpaired) electrons. The summed E-state index contributed by atoms with van der Waals surface area (Å²) in [6.07, 6.45) is 0. The van der Waals surface area contributed by atoms with Gasteiger partial charge < -0.3 is 14.0 Å². The summed E-state index contributed by atoms with van der Waals surface area (Å²) in [5.41, 5.74) is 2.04. The first-order valence-corrected chi connectivity index (χ1v) is 8.72. The van der Waals surface area contributed by atoms with Crippen LogP contribution in [-0.4, -0.2) is 28.7 Å². The van der Waals surface area contributed by atoms with Crippen molar-refractivity contribution in [1.29, 1.82) is 0 Å². The molecule has 8 heteroatoms. The lowest BCUT2D eigenvalue weighted by molar-refractivity contribution is 0.102. The molecule has 128 valence electrons. The summed E-state index contributed by atoms with van der Waals surface area (Å²) in [6, 6.07) is 8.76. The van der Waals surface area contributed by atoms with E-state index in [-0.39, 0.29) is 5.91 Å². The molecule has 1 N–H and O–H groups in total. The first-order valence-electron chi connectivity index (χ1n) is 7.55. The number of carbonyl (C=O) groups excluding carboxylic acids is 1. The number of hydrogen-bond donors (Lipinski definition) is 1. The third-order valence-electron chi connectivity index (χ3n) is 3.93. The number of aromatic nitrogens is 2. The first kappa shape index (κ1) is 16.2. The van der Waals surface area contributed by atoms with E-state index >= 15 is 0 Å². The number of imidazole rings is 1. The predicted molar refractivity (Wildman–Crippen MR) is 98.8 cm³/mol. The fourth-order valence-corrected chi connectivity index (χ4v) is 3.42. The summed E-state index contributed by atoms with van der Waals surface area (Å²) in [5, 5.41) is 3.42. The number of amides is 1. The van der Waals surface area contributed by atoms with Gasteiger partial charge in [0, 0.05) is 17.6 Å². The Hall–Kier alpha value is -2.25. The number of aryl methyl sites for hydroxylation is 1. The van der Waals surface area contributed by atoms with E-state index in [1.165, 1.54) is 0 Å². The van der Waals surface area contributed by atoms with Crippen LogP contribution in [0.1, 0.15) is 10.4 Å². The molecule has 4 rings (SSSR count). The molecule has 0 spiro atoms. The van der Waals surface area contributed by atoms with Crippen molar-refractivity contribution in [1.82, 2.24) is 9.55 Å². The molecule has 0 atom stereocenters. The second-order valence-corrected chi connectivity index (χ2v) is 6.85. The van der Waals surface area contributed by atoms with Gasteiger partial charge in [0.05, 0.1) is 15.5 Å². The molecule has 0 saturated carbocycles. The predicted octanol–water partition coefficient (Wildman–Crippen LogP) is 4.01. The molecule has 25 heavy (non-hydrogen) atoms. The Balaban J connectivity index is 1.66.